The molecule has 0 amide bonds. The first-order valence-corrected chi connectivity index (χ1v) is 33.9. The van der Waals surface area contributed by atoms with Gasteiger partial charge in [0.2, 0.25) is 0 Å². The molecular formula is C63H38B2Cl4F9N9O7S3. The van der Waals surface area contributed by atoms with Crippen LogP contribution in [0.25, 0.3) is 55.2 Å². The van der Waals surface area contributed by atoms with Crippen LogP contribution >= 0.6 is 46.4 Å². The number of sulfonamides is 2. The van der Waals surface area contributed by atoms with Gasteiger partial charge in [0.25, 0.3) is 10.0 Å². The first-order chi connectivity index (χ1) is 45.7. The molecule has 16 nitrogen and oxygen atoms in total. The molecule has 7 aromatic carbocycles. The Bertz CT molecular complexity index is 5400. The largest absolute Gasteiger partial charge is 0.512 e. The van der Waals surface area contributed by atoms with E-state index in [9.17, 15) is 48.9 Å². The number of nitriles is 2. The van der Waals surface area contributed by atoms with Crippen LogP contribution in [0.2, 0.25) is 20.1 Å². The number of benzene rings is 7. The van der Waals surface area contributed by atoms with E-state index >= 15 is 26.3 Å². The van der Waals surface area contributed by atoms with Crippen molar-refractivity contribution in [2.45, 2.75) is 41.7 Å². The molecule has 0 aliphatic rings. The van der Waals surface area contributed by atoms with Gasteiger partial charge in [0.15, 0.2) is 0 Å². The van der Waals surface area contributed by atoms with Gasteiger partial charge in [0.1, 0.15) is 40.4 Å². The molecule has 0 fully saturated rings. The van der Waals surface area contributed by atoms with Crippen molar-refractivity contribution in [1.82, 2.24) is 33.0 Å². The molecule has 0 aliphatic heterocycles. The highest BCUT2D eigenvalue weighted by molar-refractivity contribution is 8.05. The van der Waals surface area contributed by atoms with Gasteiger partial charge in [0, 0.05) is 27.7 Å². The molecule has 0 atom stereocenters. The molecule has 0 aliphatic carbocycles. The first kappa shape index (κ1) is 69.4. The minimum atomic E-state index is -8.17. The number of alkyl halides is 9. The monoisotopic (exact) mass is 1460 g/mol. The van der Waals surface area contributed by atoms with Crippen molar-refractivity contribution in [2.75, 3.05) is 0 Å². The van der Waals surface area contributed by atoms with E-state index in [-0.39, 0.29) is 97.4 Å². The molecule has 0 bridgehead atoms. The van der Waals surface area contributed by atoms with E-state index in [1.54, 1.807) is 140 Å². The lowest BCUT2D eigenvalue weighted by atomic mass is 9.50. The number of hydrogen-bond acceptors (Lipinski definition) is 13. The lowest BCUT2D eigenvalue weighted by Crippen LogP contribution is -2.64. The smallest absolute Gasteiger partial charge is 0.378 e. The maximum absolute atomic E-state index is 16.2. The second-order valence-electron chi connectivity index (χ2n) is 21.7. The zero-order valence-corrected chi connectivity index (χ0v) is 54.6. The third-order valence-electron chi connectivity index (χ3n) is 15.3. The van der Waals surface area contributed by atoms with Crippen LogP contribution in [0.5, 0.6) is 5.75 Å². The van der Waals surface area contributed by atoms with Gasteiger partial charge in [-0.15, -0.1) is 0 Å². The van der Waals surface area contributed by atoms with Gasteiger partial charge in [-0.1, -0.05) is 220 Å². The van der Waals surface area contributed by atoms with Crippen LogP contribution in [0.15, 0.2) is 182 Å². The maximum atomic E-state index is 16.2. The Morgan fingerprint density at radius 2 is 0.907 bits per heavy atom. The number of rotatable bonds is 18. The van der Waals surface area contributed by atoms with E-state index in [1.807, 2.05) is 4.48 Å². The van der Waals surface area contributed by atoms with Crippen molar-refractivity contribution in [1.29, 1.82) is 10.5 Å². The van der Waals surface area contributed by atoms with E-state index in [1.165, 1.54) is 42.7 Å². The average molecular weight is 1460 g/mol. The highest BCUT2D eigenvalue weighted by Gasteiger charge is 2.83. The molecule has 4 aromatic heterocycles. The van der Waals surface area contributed by atoms with Crippen molar-refractivity contribution in [2.24, 2.45) is 0 Å². The number of halogens is 13. The van der Waals surface area contributed by atoms with Crippen molar-refractivity contribution in [3.05, 3.63) is 230 Å². The minimum Gasteiger partial charge on any atom is -0.378 e. The van der Waals surface area contributed by atoms with Gasteiger partial charge in [0.05, 0.1) is 65.2 Å². The van der Waals surface area contributed by atoms with Crippen LogP contribution in [0.4, 0.5) is 39.5 Å². The highest BCUT2D eigenvalue weighted by atomic mass is 35.5. The molecule has 0 unspecified atom stereocenters. The molecule has 0 saturated carbocycles. The zero-order valence-electron chi connectivity index (χ0n) is 49.1. The Balaban J connectivity index is 1.37. The number of fused-ring (bicyclic) bond motifs is 3. The summed E-state index contributed by atoms with van der Waals surface area (Å²) in [7, 11) is -23.5. The Morgan fingerprint density at radius 3 is 1.30 bits per heavy atom. The van der Waals surface area contributed by atoms with Crippen molar-refractivity contribution < 1.29 is 69.0 Å². The maximum Gasteiger partial charge on any atom is 0.512 e. The Labute approximate surface area is 565 Å². The molecule has 0 radical (unpaired) electrons. The average Bonchev–Trinajstić information content (AvgIpc) is 1.55. The lowest BCUT2D eigenvalue weighted by Gasteiger charge is -2.31. The Hall–Kier alpha value is -8.97. The van der Waals surface area contributed by atoms with Gasteiger partial charge < -0.3 is 13.1 Å². The molecule has 11 aromatic rings. The van der Waals surface area contributed by atoms with Gasteiger partial charge in [-0.05, 0) is 42.3 Å². The third kappa shape index (κ3) is 12.2. The molecule has 4 heterocycles. The molecule has 34 heteroatoms. The molecular weight excluding hydrogens is 1430 g/mol. The lowest BCUT2D eigenvalue weighted by molar-refractivity contribution is -0.245. The van der Waals surface area contributed by atoms with E-state index in [0.29, 0.717) is 39.7 Å². The molecule has 492 valence electrons. The van der Waals surface area contributed by atoms with Gasteiger partial charge >= 0.3 is 55.8 Å². The fourth-order valence-corrected chi connectivity index (χ4v) is 15.2. The van der Waals surface area contributed by atoms with Crippen LogP contribution in [-0.4, -0.2) is 89.8 Å². The fraction of sp³-hybridized carbons (Fsp3) is 0.111. The summed E-state index contributed by atoms with van der Waals surface area (Å²) in [4.78, 5) is 19.1. The third-order valence-corrected chi connectivity index (χ3v) is 21.4. The van der Waals surface area contributed by atoms with Crippen molar-refractivity contribution >= 4 is 156 Å². The second-order valence-corrected chi connectivity index (χ2v) is 28.6. The van der Waals surface area contributed by atoms with Crippen LogP contribution in [0.3, 0.4) is 0 Å². The topological polar surface area (TPSA) is 233 Å². The Morgan fingerprint density at radius 1 is 0.515 bits per heavy atom. The van der Waals surface area contributed by atoms with Gasteiger partial charge in [-0.2, -0.15) is 58.5 Å². The van der Waals surface area contributed by atoms with Crippen molar-refractivity contribution in [3.8, 4) is 29.1 Å². The summed E-state index contributed by atoms with van der Waals surface area (Å²) in [5.41, 5.74) is -5.21. The van der Waals surface area contributed by atoms with Crippen molar-refractivity contribution in [3.63, 3.8) is 0 Å². The van der Waals surface area contributed by atoms with E-state index in [0.717, 1.165) is 6.07 Å². The summed E-state index contributed by atoms with van der Waals surface area (Å²) in [5, 5.41) is 9.33. The number of nitrogens with one attached hydrogen (secondary N) is 1. The molecule has 1 N–H and O–H groups in total. The van der Waals surface area contributed by atoms with Crippen LogP contribution in [0.1, 0.15) is 36.8 Å². The summed E-state index contributed by atoms with van der Waals surface area (Å²) < 4.78 is 217. The fourth-order valence-electron chi connectivity index (χ4n) is 11.2. The van der Waals surface area contributed by atoms with Crippen LogP contribution in [-0.2, 0) is 30.2 Å². The molecule has 0 saturated heterocycles. The van der Waals surface area contributed by atoms with E-state index < -0.39 is 81.6 Å². The summed E-state index contributed by atoms with van der Waals surface area (Å²) >= 11 is 26.0. The predicted octanol–water partition coefficient (Wildman–Crippen LogP) is 10.8. The number of nitrogens with zero attached hydrogens (tertiary/aromatic N) is 8. The van der Waals surface area contributed by atoms with Gasteiger partial charge in [-0.3, -0.25) is 9.97 Å². The predicted molar refractivity (Wildman–Crippen MR) is 352 cm³/mol. The number of hydrogen-bond donors (Lipinski definition) is 1. The second kappa shape index (κ2) is 25.8. The highest BCUT2D eigenvalue weighted by Crippen LogP contribution is 2.52. The van der Waals surface area contributed by atoms with E-state index in [4.69, 9.17) is 56.4 Å². The SMILES string of the molecule is CC(C)c1c2/c(=C(\C#N)c3cnc4cc(Cl)c(Cl)cc4n3)n(B(c3ccccc3)c3ccccc3)c(-c3cccc(OS(=O)(=O)C(F)(F)C(F)(F)C(F)(F)S(=O)(=O)NS(=O)(=O)C(F)(F)F)c3)c2/c(=C(\C#N)c2cnc3cc(Cl)c(Cl)cc3n2)n1B(c1ccccc1)c1ccccc1. The van der Waals surface area contributed by atoms with Crippen LogP contribution in [0, 0.1) is 22.7 Å². The molecule has 11 rings (SSSR count). The quantitative estimate of drug-likeness (QED) is 0.0479. The molecule has 97 heavy (non-hydrogen) atoms. The minimum absolute atomic E-state index is 0.0385. The van der Waals surface area contributed by atoms with Crippen LogP contribution < -0.4 is 40.9 Å². The van der Waals surface area contributed by atoms with E-state index in [2.05, 4.69) is 26.3 Å². The standard InChI is InChI=1S/C63H38B2Cl4F9N9O7S3/c1-35(2)56-54-55(59(43(32-80)53-34-82-49-28-45(67)47(69)30-51(49)84-53)86(56)64(37-17-7-3-8-18-37)38-19-9-4-10-20-38)57(36-16-15-25-41(26-36)94-97(92,93)62(74,75)60(70,71)61(72,73)95(88,89)85-96(90,91)63(76,77)78)87(65(39-21-11-5-12-22-39)40-23-13-6-14-24-40)58(54)42(31-79)52-33-81-48-27-44(66)46(68)29-50(48)83-52/h3-30,33-35,85H,1-2H3/b58-42-,59-43-. The summed E-state index contributed by atoms with van der Waals surface area (Å²) in [6.45, 7) is 1.35. The summed E-state index contributed by atoms with van der Waals surface area (Å²) in [5.74, 6) is -10.0. The normalized spacial score (nSPS) is 13.4. The first-order valence-electron chi connectivity index (χ1n) is 28.0. The Kier molecular flexibility index (Phi) is 18.4. The zero-order chi connectivity index (χ0) is 70.1. The summed E-state index contributed by atoms with van der Waals surface area (Å²) in [6.07, 6.45) is 2.53. The number of aromatic nitrogens is 6. The van der Waals surface area contributed by atoms with Gasteiger partial charge in [-0.25, -0.2) is 26.8 Å². The summed E-state index contributed by atoms with van der Waals surface area (Å²) in [6, 6.07) is 48.3. The molecule has 0 spiro atoms.